The van der Waals surface area contributed by atoms with Crippen LogP contribution in [0.25, 0.3) is 22.3 Å². The molecule has 0 saturated carbocycles. The fraction of sp³-hybridized carbons (Fsp3) is 0.0769. The lowest BCUT2D eigenvalue weighted by Crippen LogP contribution is -2.20. The summed E-state index contributed by atoms with van der Waals surface area (Å²) in [5.41, 5.74) is 1.26. The van der Waals surface area contributed by atoms with Crippen LogP contribution in [0.15, 0.2) is 72.9 Å². The van der Waals surface area contributed by atoms with Gasteiger partial charge in [-0.3, -0.25) is 0 Å². The Bertz CT molecular complexity index is 1690. The zero-order valence-electron chi connectivity index (χ0n) is 20.0. The predicted molar refractivity (Wildman–Crippen MR) is 141 cm³/mol. The van der Waals surface area contributed by atoms with Crippen molar-refractivity contribution in [2.24, 2.45) is 7.05 Å². The summed E-state index contributed by atoms with van der Waals surface area (Å²) in [5.74, 6) is -0.634. The Morgan fingerprint density at radius 2 is 1.74 bits per heavy atom. The SMILES string of the molecule is Cn1nc(-c2ccc(NC(=O)Nc3cc(C(F)(F)F)ccc3F)cc2)c2cnc(Nc3cccc(Cl)c3)nc21. The first-order chi connectivity index (χ1) is 18.6. The molecule has 2 heterocycles. The second-order valence-corrected chi connectivity index (χ2v) is 8.82. The second-order valence-electron chi connectivity index (χ2n) is 8.39. The quantitative estimate of drug-likeness (QED) is 0.199. The van der Waals surface area contributed by atoms with Crippen molar-refractivity contribution in [3.8, 4) is 11.3 Å². The molecule has 13 heteroatoms. The number of aryl methyl sites for hydroxylation is 1. The maximum absolute atomic E-state index is 13.9. The molecular formula is C26H18ClF4N7O. The Morgan fingerprint density at radius 1 is 0.974 bits per heavy atom. The summed E-state index contributed by atoms with van der Waals surface area (Å²) in [6.07, 6.45) is -3.04. The van der Waals surface area contributed by atoms with Crippen molar-refractivity contribution in [2.45, 2.75) is 6.18 Å². The van der Waals surface area contributed by atoms with E-state index in [-0.39, 0.29) is 0 Å². The summed E-state index contributed by atoms with van der Waals surface area (Å²) in [6.45, 7) is 0. The number of halogens is 5. The van der Waals surface area contributed by atoms with E-state index in [4.69, 9.17) is 11.6 Å². The topological polar surface area (TPSA) is 96.8 Å². The summed E-state index contributed by atoms with van der Waals surface area (Å²) < 4.78 is 54.3. The number of anilines is 4. The van der Waals surface area contributed by atoms with Gasteiger partial charge in [0.2, 0.25) is 5.95 Å². The van der Waals surface area contributed by atoms with E-state index in [0.717, 1.165) is 5.69 Å². The molecule has 5 aromatic rings. The average Bonchev–Trinajstić information content (AvgIpc) is 3.21. The van der Waals surface area contributed by atoms with Gasteiger partial charge in [-0.15, -0.1) is 0 Å². The number of nitrogens with one attached hydrogen (secondary N) is 3. The molecule has 0 unspecified atom stereocenters. The third kappa shape index (κ3) is 5.75. The number of nitrogens with zero attached hydrogens (tertiary/aromatic N) is 4. The maximum atomic E-state index is 13.9. The smallest absolute Gasteiger partial charge is 0.324 e. The van der Waals surface area contributed by atoms with Gasteiger partial charge in [0.1, 0.15) is 11.5 Å². The standard InChI is InChI=1S/C26H18ClF4N7O/c1-38-23-19(13-32-24(36-23)33-18-4-2-3-16(27)12-18)22(37-38)14-5-8-17(9-6-14)34-25(39)35-21-11-15(26(29,30)31)7-10-20(21)28/h2-13H,1H3,(H,32,33,36)(H2,34,35,39). The van der Waals surface area contributed by atoms with Crippen LogP contribution in [0.1, 0.15) is 5.56 Å². The van der Waals surface area contributed by atoms with Crippen molar-refractivity contribution in [1.29, 1.82) is 0 Å². The van der Waals surface area contributed by atoms with Crippen molar-refractivity contribution in [3.05, 3.63) is 89.3 Å². The molecule has 0 bridgehead atoms. The highest BCUT2D eigenvalue weighted by molar-refractivity contribution is 6.30. The first-order valence-electron chi connectivity index (χ1n) is 11.3. The molecular weight excluding hydrogens is 538 g/mol. The molecule has 0 spiro atoms. The number of hydrogen-bond donors (Lipinski definition) is 3. The molecule has 0 saturated heterocycles. The van der Waals surface area contributed by atoms with Crippen LogP contribution in [0.5, 0.6) is 0 Å². The molecule has 0 aliphatic rings. The number of fused-ring (bicyclic) bond motifs is 1. The highest BCUT2D eigenvalue weighted by atomic mass is 35.5. The molecule has 2 aromatic heterocycles. The van der Waals surface area contributed by atoms with Crippen molar-refractivity contribution < 1.29 is 22.4 Å². The van der Waals surface area contributed by atoms with Crippen LogP contribution in [0.2, 0.25) is 5.02 Å². The van der Waals surface area contributed by atoms with Crippen molar-refractivity contribution in [2.75, 3.05) is 16.0 Å². The first kappa shape index (κ1) is 25.9. The van der Waals surface area contributed by atoms with Crippen LogP contribution in [0.4, 0.5) is 45.4 Å². The van der Waals surface area contributed by atoms with E-state index >= 15 is 0 Å². The van der Waals surface area contributed by atoms with E-state index in [1.165, 1.54) is 0 Å². The van der Waals surface area contributed by atoms with E-state index in [0.29, 0.717) is 57.1 Å². The second kappa shape index (κ2) is 10.2. The van der Waals surface area contributed by atoms with Gasteiger partial charge in [0, 0.05) is 35.2 Å². The predicted octanol–water partition coefficient (Wildman–Crippen LogP) is 7.23. The molecule has 39 heavy (non-hydrogen) atoms. The minimum atomic E-state index is -4.68. The van der Waals surface area contributed by atoms with Gasteiger partial charge in [0.25, 0.3) is 0 Å². The van der Waals surface area contributed by atoms with Crippen LogP contribution in [-0.4, -0.2) is 25.8 Å². The monoisotopic (exact) mass is 555 g/mol. The Labute approximate surface area is 223 Å². The number of hydrogen-bond acceptors (Lipinski definition) is 5. The molecule has 198 valence electrons. The summed E-state index contributed by atoms with van der Waals surface area (Å²) in [5, 5.41) is 13.5. The van der Waals surface area contributed by atoms with Gasteiger partial charge in [-0.1, -0.05) is 29.8 Å². The Morgan fingerprint density at radius 3 is 2.46 bits per heavy atom. The zero-order chi connectivity index (χ0) is 27.7. The molecule has 5 rings (SSSR count). The number of amides is 2. The maximum Gasteiger partial charge on any atom is 0.416 e. The van der Waals surface area contributed by atoms with Gasteiger partial charge in [-0.05, 0) is 48.5 Å². The number of carbonyl (C=O) groups is 1. The third-order valence-electron chi connectivity index (χ3n) is 5.62. The number of carbonyl (C=O) groups excluding carboxylic acids is 1. The van der Waals surface area contributed by atoms with Crippen molar-refractivity contribution in [1.82, 2.24) is 19.7 Å². The van der Waals surface area contributed by atoms with Crippen LogP contribution in [-0.2, 0) is 13.2 Å². The van der Waals surface area contributed by atoms with E-state index < -0.39 is 29.3 Å². The summed E-state index contributed by atoms with van der Waals surface area (Å²) >= 11 is 6.03. The molecule has 0 fully saturated rings. The van der Waals surface area contributed by atoms with Crippen LogP contribution in [0, 0.1) is 5.82 Å². The largest absolute Gasteiger partial charge is 0.416 e. The minimum absolute atomic E-state index is 0.327. The molecule has 3 aromatic carbocycles. The number of urea groups is 1. The fourth-order valence-corrected chi connectivity index (χ4v) is 3.99. The number of aromatic nitrogens is 4. The zero-order valence-corrected chi connectivity index (χ0v) is 20.8. The fourth-order valence-electron chi connectivity index (χ4n) is 3.80. The van der Waals surface area contributed by atoms with Crippen LogP contribution >= 0.6 is 11.6 Å². The summed E-state index contributed by atoms with van der Waals surface area (Å²) in [6, 6.07) is 14.5. The van der Waals surface area contributed by atoms with Crippen molar-refractivity contribution >= 4 is 51.7 Å². The van der Waals surface area contributed by atoms with Gasteiger partial charge in [0.05, 0.1) is 16.6 Å². The number of alkyl halides is 3. The van der Waals surface area contributed by atoms with Gasteiger partial charge in [0.15, 0.2) is 5.65 Å². The minimum Gasteiger partial charge on any atom is -0.324 e. The van der Waals surface area contributed by atoms with E-state index in [9.17, 15) is 22.4 Å². The molecule has 0 radical (unpaired) electrons. The van der Waals surface area contributed by atoms with E-state index in [1.807, 2.05) is 6.07 Å². The summed E-state index contributed by atoms with van der Waals surface area (Å²) in [4.78, 5) is 21.2. The normalized spacial score (nSPS) is 11.4. The van der Waals surface area contributed by atoms with Crippen molar-refractivity contribution in [3.63, 3.8) is 0 Å². The average molecular weight is 556 g/mol. The van der Waals surface area contributed by atoms with E-state index in [1.54, 1.807) is 60.4 Å². The highest BCUT2D eigenvalue weighted by Crippen LogP contribution is 2.32. The molecule has 2 amide bonds. The number of benzene rings is 3. The lowest BCUT2D eigenvalue weighted by Gasteiger charge is -2.12. The Balaban J connectivity index is 1.31. The van der Waals surface area contributed by atoms with E-state index in [2.05, 4.69) is 31.0 Å². The lowest BCUT2D eigenvalue weighted by atomic mass is 10.1. The highest BCUT2D eigenvalue weighted by Gasteiger charge is 2.31. The van der Waals surface area contributed by atoms with Gasteiger partial charge >= 0.3 is 12.2 Å². The number of rotatable bonds is 5. The molecule has 0 aliphatic carbocycles. The molecule has 0 atom stereocenters. The Kier molecular flexibility index (Phi) is 6.79. The molecule has 0 aliphatic heterocycles. The third-order valence-corrected chi connectivity index (χ3v) is 5.85. The van der Waals surface area contributed by atoms with Gasteiger partial charge < -0.3 is 16.0 Å². The van der Waals surface area contributed by atoms with Crippen LogP contribution in [0.3, 0.4) is 0 Å². The first-order valence-corrected chi connectivity index (χ1v) is 11.7. The summed E-state index contributed by atoms with van der Waals surface area (Å²) in [7, 11) is 1.75. The molecule has 8 nitrogen and oxygen atoms in total. The van der Waals surface area contributed by atoms with Crippen LogP contribution < -0.4 is 16.0 Å². The van der Waals surface area contributed by atoms with Gasteiger partial charge in [-0.25, -0.2) is 18.9 Å². The molecule has 3 N–H and O–H groups in total. The Hall–Kier alpha value is -4.71. The lowest BCUT2D eigenvalue weighted by molar-refractivity contribution is -0.137. The van der Waals surface area contributed by atoms with Gasteiger partial charge in [-0.2, -0.15) is 23.3 Å².